The summed E-state index contributed by atoms with van der Waals surface area (Å²) < 4.78 is 31.0. The highest BCUT2D eigenvalue weighted by Crippen LogP contribution is 2.25. The Kier molecular flexibility index (Phi) is 4.39. The molecule has 1 unspecified atom stereocenters. The standard InChI is InChI=1S/C13H15BrN2O3S/c1-9(12-6-7-13(14)19-12)15-10-4-3-5-11(8-10)16-20(2,17)18/h3-9,15-16H,1-2H3. The van der Waals surface area contributed by atoms with Gasteiger partial charge in [0, 0.05) is 5.69 Å². The molecular formula is C13H15BrN2O3S. The van der Waals surface area contributed by atoms with Crippen LogP contribution in [0.1, 0.15) is 18.7 Å². The van der Waals surface area contributed by atoms with Gasteiger partial charge in [-0.1, -0.05) is 6.07 Å². The molecule has 0 aliphatic rings. The Balaban J connectivity index is 2.11. The van der Waals surface area contributed by atoms with E-state index >= 15 is 0 Å². The lowest BCUT2D eigenvalue weighted by Gasteiger charge is -2.14. The fourth-order valence-electron chi connectivity index (χ4n) is 1.77. The molecule has 1 aromatic heterocycles. The van der Waals surface area contributed by atoms with Crippen molar-refractivity contribution in [1.82, 2.24) is 0 Å². The van der Waals surface area contributed by atoms with Gasteiger partial charge in [0.25, 0.3) is 0 Å². The van der Waals surface area contributed by atoms with E-state index in [9.17, 15) is 8.42 Å². The summed E-state index contributed by atoms with van der Waals surface area (Å²) in [6, 6.07) is 10.7. The minimum atomic E-state index is -3.27. The van der Waals surface area contributed by atoms with Gasteiger partial charge in [0.05, 0.1) is 18.0 Å². The molecule has 1 heterocycles. The molecule has 0 saturated carbocycles. The predicted molar refractivity (Wildman–Crippen MR) is 83.4 cm³/mol. The fraction of sp³-hybridized carbons (Fsp3) is 0.231. The number of anilines is 2. The van der Waals surface area contributed by atoms with Gasteiger partial charge in [0.1, 0.15) is 5.76 Å². The van der Waals surface area contributed by atoms with E-state index in [1.54, 1.807) is 18.2 Å². The Morgan fingerprint density at radius 1 is 1.20 bits per heavy atom. The van der Waals surface area contributed by atoms with Crippen LogP contribution in [-0.2, 0) is 10.0 Å². The molecule has 108 valence electrons. The molecule has 1 aromatic carbocycles. The first-order chi connectivity index (χ1) is 9.33. The van der Waals surface area contributed by atoms with Gasteiger partial charge < -0.3 is 9.73 Å². The van der Waals surface area contributed by atoms with E-state index < -0.39 is 10.0 Å². The molecule has 0 aliphatic heterocycles. The third kappa shape index (κ3) is 4.28. The third-order valence-corrected chi connectivity index (χ3v) is 3.60. The molecule has 1 atom stereocenters. The van der Waals surface area contributed by atoms with E-state index in [-0.39, 0.29) is 6.04 Å². The summed E-state index contributed by atoms with van der Waals surface area (Å²) in [6.45, 7) is 1.96. The van der Waals surface area contributed by atoms with Crippen molar-refractivity contribution in [2.24, 2.45) is 0 Å². The van der Waals surface area contributed by atoms with Crippen molar-refractivity contribution in [2.45, 2.75) is 13.0 Å². The molecule has 0 aliphatic carbocycles. The Labute approximate surface area is 126 Å². The van der Waals surface area contributed by atoms with Gasteiger partial charge in [0.2, 0.25) is 10.0 Å². The smallest absolute Gasteiger partial charge is 0.229 e. The van der Waals surface area contributed by atoms with Crippen molar-refractivity contribution in [3.05, 3.63) is 46.8 Å². The van der Waals surface area contributed by atoms with E-state index in [1.807, 2.05) is 25.1 Å². The van der Waals surface area contributed by atoms with Crippen molar-refractivity contribution in [2.75, 3.05) is 16.3 Å². The predicted octanol–water partition coefficient (Wildman–Crippen LogP) is 3.59. The number of halogens is 1. The summed E-state index contributed by atoms with van der Waals surface area (Å²) in [5, 5.41) is 3.25. The minimum absolute atomic E-state index is 0.0326. The molecule has 2 aromatic rings. The van der Waals surface area contributed by atoms with Gasteiger partial charge in [-0.15, -0.1) is 0 Å². The van der Waals surface area contributed by atoms with Crippen LogP contribution in [0.5, 0.6) is 0 Å². The molecule has 0 radical (unpaired) electrons. The zero-order valence-electron chi connectivity index (χ0n) is 11.1. The summed E-state index contributed by atoms with van der Waals surface area (Å²) in [4.78, 5) is 0. The molecule has 0 bridgehead atoms. The van der Waals surface area contributed by atoms with Gasteiger partial charge in [-0.05, 0) is 53.2 Å². The molecule has 0 saturated heterocycles. The second-order valence-corrected chi connectivity index (χ2v) is 6.99. The topological polar surface area (TPSA) is 71.3 Å². The summed E-state index contributed by atoms with van der Waals surface area (Å²) in [6.07, 6.45) is 1.12. The van der Waals surface area contributed by atoms with Crippen molar-refractivity contribution >= 4 is 37.3 Å². The SMILES string of the molecule is CC(Nc1cccc(NS(C)(=O)=O)c1)c1ccc(Br)o1. The maximum Gasteiger partial charge on any atom is 0.229 e. The van der Waals surface area contributed by atoms with Crippen LogP contribution in [0, 0.1) is 0 Å². The number of rotatable bonds is 5. The quantitative estimate of drug-likeness (QED) is 0.856. The van der Waals surface area contributed by atoms with E-state index in [1.165, 1.54) is 0 Å². The zero-order valence-corrected chi connectivity index (χ0v) is 13.5. The minimum Gasteiger partial charge on any atom is -0.452 e. The van der Waals surface area contributed by atoms with Crippen LogP contribution in [0.2, 0.25) is 0 Å². The maximum atomic E-state index is 11.2. The molecule has 0 amide bonds. The summed E-state index contributed by atoms with van der Waals surface area (Å²) >= 11 is 3.26. The molecule has 5 nitrogen and oxygen atoms in total. The van der Waals surface area contributed by atoms with Crippen molar-refractivity contribution in [3.8, 4) is 0 Å². The van der Waals surface area contributed by atoms with Crippen molar-refractivity contribution in [1.29, 1.82) is 0 Å². The van der Waals surface area contributed by atoms with Gasteiger partial charge in [-0.3, -0.25) is 4.72 Å². The molecule has 2 N–H and O–H groups in total. The van der Waals surface area contributed by atoms with E-state index in [0.29, 0.717) is 10.4 Å². The van der Waals surface area contributed by atoms with E-state index in [0.717, 1.165) is 17.7 Å². The van der Waals surface area contributed by atoms with Crippen LogP contribution < -0.4 is 10.0 Å². The Morgan fingerprint density at radius 3 is 2.50 bits per heavy atom. The highest BCUT2D eigenvalue weighted by molar-refractivity contribution is 9.10. The number of hydrogen-bond donors (Lipinski definition) is 2. The first kappa shape index (κ1) is 14.9. The van der Waals surface area contributed by atoms with Crippen molar-refractivity contribution in [3.63, 3.8) is 0 Å². The first-order valence-corrected chi connectivity index (χ1v) is 8.61. The number of nitrogens with one attached hydrogen (secondary N) is 2. The van der Waals surface area contributed by atoms with Crippen LogP contribution in [0.15, 0.2) is 45.5 Å². The maximum absolute atomic E-state index is 11.2. The molecule has 0 spiro atoms. The van der Waals surface area contributed by atoms with Gasteiger partial charge in [-0.25, -0.2) is 8.42 Å². The second-order valence-electron chi connectivity index (χ2n) is 4.46. The highest BCUT2D eigenvalue weighted by Gasteiger charge is 2.10. The van der Waals surface area contributed by atoms with Gasteiger partial charge in [-0.2, -0.15) is 0 Å². The van der Waals surface area contributed by atoms with Crippen LogP contribution in [-0.4, -0.2) is 14.7 Å². The van der Waals surface area contributed by atoms with Crippen LogP contribution in [0.4, 0.5) is 11.4 Å². The average molecular weight is 359 g/mol. The monoisotopic (exact) mass is 358 g/mol. The second kappa shape index (κ2) is 5.88. The van der Waals surface area contributed by atoms with E-state index in [2.05, 4.69) is 26.0 Å². The third-order valence-electron chi connectivity index (χ3n) is 2.57. The molecule has 20 heavy (non-hydrogen) atoms. The van der Waals surface area contributed by atoms with E-state index in [4.69, 9.17) is 4.42 Å². The lowest BCUT2D eigenvalue weighted by molar-refractivity contribution is 0.471. The van der Waals surface area contributed by atoms with Gasteiger partial charge >= 0.3 is 0 Å². The number of benzene rings is 1. The molecular weight excluding hydrogens is 344 g/mol. The molecule has 2 rings (SSSR count). The summed E-state index contributed by atoms with van der Waals surface area (Å²) in [5.74, 6) is 0.790. The van der Waals surface area contributed by atoms with Crippen LogP contribution in [0.3, 0.4) is 0 Å². The Bertz CT molecular complexity index is 697. The Morgan fingerprint density at radius 2 is 1.90 bits per heavy atom. The largest absolute Gasteiger partial charge is 0.452 e. The van der Waals surface area contributed by atoms with Crippen molar-refractivity contribution < 1.29 is 12.8 Å². The average Bonchev–Trinajstić information content (AvgIpc) is 2.74. The lowest BCUT2D eigenvalue weighted by atomic mass is 10.2. The number of hydrogen-bond acceptors (Lipinski definition) is 4. The normalized spacial score (nSPS) is 12.9. The number of furan rings is 1. The molecule has 0 fully saturated rings. The van der Waals surface area contributed by atoms with Crippen LogP contribution >= 0.6 is 15.9 Å². The summed E-state index contributed by atoms with van der Waals surface area (Å²) in [5.41, 5.74) is 1.32. The summed E-state index contributed by atoms with van der Waals surface area (Å²) in [7, 11) is -3.27. The zero-order chi connectivity index (χ0) is 14.8. The highest BCUT2D eigenvalue weighted by atomic mass is 79.9. The van der Waals surface area contributed by atoms with Crippen LogP contribution in [0.25, 0.3) is 0 Å². The number of sulfonamides is 1. The molecule has 7 heteroatoms. The lowest BCUT2D eigenvalue weighted by Crippen LogP contribution is -2.10. The first-order valence-electron chi connectivity index (χ1n) is 5.93. The fourth-order valence-corrected chi connectivity index (χ4v) is 2.64. The Hall–Kier alpha value is -1.47. The van der Waals surface area contributed by atoms with Gasteiger partial charge in [0.15, 0.2) is 4.67 Å².